The number of rotatable bonds is 7. The van der Waals surface area contributed by atoms with Gasteiger partial charge in [0.05, 0.1) is 16.7 Å². The molecule has 0 amide bonds. The Hall–Kier alpha value is -3.28. The number of carbonyl (C=O) groups is 3. The third-order valence-electron chi connectivity index (χ3n) is 5.47. The van der Waals surface area contributed by atoms with Crippen LogP contribution in [0.3, 0.4) is 0 Å². The second-order valence-electron chi connectivity index (χ2n) is 7.95. The van der Waals surface area contributed by atoms with Gasteiger partial charge in [0.1, 0.15) is 28.8 Å². The van der Waals surface area contributed by atoms with Crippen LogP contribution in [0.1, 0.15) is 31.1 Å². The second-order valence-corrected chi connectivity index (χ2v) is 9.39. The summed E-state index contributed by atoms with van der Waals surface area (Å²) in [5.41, 5.74) is 0.930. The van der Waals surface area contributed by atoms with Gasteiger partial charge in [-0.15, -0.1) is 0 Å². The van der Waals surface area contributed by atoms with Crippen molar-refractivity contribution in [3.63, 3.8) is 0 Å². The molecule has 186 valence electrons. The Morgan fingerprint density at radius 3 is 1.67 bits per heavy atom. The molecule has 9 heteroatoms. The molecule has 0 bridgehead atoms. The average molecular weight is 602 g/mol. The minimum absolute atomic E-state index is 0.296. The van der Waals surface area contributed by atoms with Crippen molar-refractivity contribution in [1.82, 2.24) is 0 Å². The number of ether oxygens (including phenoxy) is 4. The van der Waals surface area contributed by atoms with Crippen LogP contribution in [0.25, 0.3) is 0 Å². The first kappa shape index (κ1) is 25.8. The summed E-state index contributed by atoms with van der Waals surface area (Å²) < 4.78 is 21.6. The van der Waals surface area contributed by atoms with E-state index in [0.29, 0.717) is 16.7 Å². The molecule has 3 aromatic rings. The van der Waals surface area contributed by atoms with Crippen molar-refractivity contribution >= 4 is 40.5 Å². The zero-order chi connectivity index (χ0) is 25.5. The SMILES string of the molecule is O=C(OC[C@H]1O[C@@H](OC(=O)c2ccccc2)C(I)[C@@H](OC(=O)c2ccccc2)[C@H]1O)c1ccccc1. The zero-order valence-electron chi connectivity index (χ0n) is 18.9. The lowest BCUT2D eigenvalue weighted by molar-refractivity contribution is -0.231. The molecule has 0 spiro atoms. The van der Waals surface area contributed by atoms with Gasteiger partial charge in [0.25, 0.3) is 0 Å². The van der Waals surface area contributed by atoms with Crippen molar-refractivity contribution in [2.75, 3.05) is 6.61 Å². The maximum Gasteiger partial charge on any atom is 0.340 e. The molecule has 5 atom stereocenters. The second kappa shape index (κ2) is 12.1. The van der Waals surface area contributed by atoms with Crippen molar-refractivity contribution in [3.05, 3.63) is 108 Å². The number of alkyl halides is 1. The Morgan fingerprint density at radius 1 is 0.722 bits per heavy atom. The van der Waals surface area contributed by atoms with Crippen molar-refractivity contribution in [2.45, 2.75) is 28.5 Å². The number of aliphatic hydroxyl groups is 1. The van der Waals surface area contributed by atoms with Crippen LogP contribution in [-0.4, -0.2) is 58.1 Å². The van der Waals surface area contributed by atoms with Crippen molar-refractivity contribution in [2.24, 2.45) is 0 Å². The molecule has 4 rings (SSSR count). The topological polar surface area (TPSA) is 108 Å². The first-order chi connectivity index (χ1) is 17.4. The minimum atomic E-state index is -1.35. The highest BCUT2D eigenvalue weighted by Gasteiger charge is 2.48. The Bertz CT molecular complexity index is 1170. The standard InChI is InChI=1S/C27H23IO8/c28-21-23(35-25(31)18-12-6-2-7-13-18)22(29)20(16-33-24(30)17-10-4-1-5-11-17)34-27(21)36-26(32)19-14-8-3-9-15-19/h1-15,20-23,27,29H,16H2/t20-,21?,22+,23-,27+/m1/s1. The highest BCUT2D eigenvalue weighted by Crippen LogP contribution is 2.31. The van der Waals surface area contributed by atoms with Gasteiger partial charge in [-0.2, -0.15) is 0 Å². The van der Waals surface area contributed by atoms with Gasteiger partial charge in [-0.1, -0.05) is 77.2 Å². The summed E-state index contributed by atoms with van der Waals surface area (Å²) in [5, 5.41) is 11.0. The van der Waals surface area contributed by atoms with Crippen LogP contribution in [0.4, 0.5) is 0 Å². The van der Waals surface area contributed by atoms with E-state index < -0.39 is 46.4 Å². The third kappa shape index (κ3) is 6.28. The van der Waals surface area contributed by atoms with E-state index in [-0.39, 0.29) is 6.61 Å². The van der Waals surface area contributed by atoms with Crippen LogP contribution in [0.2, 0.25) is 0 Å². The predicted molar refractivity (Wildman–Crippen MR) is 137 cm³/mol. The van der Waals surface area contributed by atoms with Gasteiger partial charge in [0.15, 0.2) is 0 Å². The first-order valence-electron chi connectivity index (χ1n) is 11.2. The van der Waals surface area contributed by atoms with E-state index in [1.54, 1.807) is 91.0 Å². The number of carbonyl (C=O) groups excluding carboxylic acids is 3. The Kier molecular flexibility index (Phi) is 8.68. The van der Waals surface area contributed by atoms with Crippen molar-refractivity contribution in [3.8, 4) is 0 Å². The van der Waals surface area contributed by atoms with E-state index in [1.165, 1.54) is 0 Å². The molecule has 1 saturated heterocycles. The predicted octanol–water partition coefficient (Wildman–Crippen LogP) is 3.82. The van der Waals surface area contributed by atoms with Gasteiger partial charge < -0.3 is 24.1 Å². The fraction of sp³-hybridized carbons (Fsp3) is 0.222. The van der Waals surface area contributed by atoms with Crippen molar-refractivity contribution < 1.29 is 38.4 Å². The third-order valence-corrected chi connectivity index (χ3v) is 6.77. The molecule has 1 fully saturated rings. The normalized spacial score (nSPS) is 23.3. The van der Waals surface area contributed by atoms with Crippen molar-refractivity contribution in [1.29, 1.82) is 0 Å². The van der Waals surface area contributed by atoms with Crippen LogP contribution in [0.15, 0.2) is 91.0 Å². The molecular weight excluding hydrogens is 579 g/mol. The van der Waals surface area contributed by atoms with Crippen LogP contribution < -0.4 is 0 Å². The largest absolute Gasteiger partial charge is 0.459 e. The summed E-state index contributed by atoms with van der Waals surface area (Å²) >= 11 is 1.92. The molecule has 36 heavy (non-hydrogen) atoms. The summed E-state index contributed by atoms with van der Waals surface area (Å²) in [7, 11) is 0. The van der Waals surface area contributed by atoms with Gasteiger partial charge in [-0.25, -0.2) is 14.4 Å². The van der Waals surface area contributed by atoms with Crippen LogP contribution in [0.5, 0.6) is 0 Å². The van der Waals surface area contributed by atoms with Gasteiger partial charge in [0, 0.05) is 0 Å². The molecule has 0 aromatic heterocycles. The quantitative estimate of drug-likeness (QED) is 0.188. The molecule has 1 unspecified atom stereocenters. The summed E-state index contributed by atoms with van der Waals surface area (Å²) in [4.78, 5) is 37.8. The van der Waals surface area contributed by atoms with Crippen LogP contribution in [0, 0.1) is 0 Å². The van der Waals surface area contributed by atoms with Crippen LogP contribution >= 0.6 is 22.6 Å². The van der Waals surface area contributed by atoms with Gasteiger partial charge in [-0.05, 0) is 36.4 Å². The van der Waals surface area contributed by atoms with Crippen LogP contribution in [-0.2, 0) is 18.9 Å². The van der Waals surface area contributed by atoms with Gasteiger partial charge in [-0.3, -0.25) is 0 Å². The number of benzene rings is 3. The number of aliphatic hydroxyl groups excluding tert-OH is 1. The van der Waals surface area contributed by atoms with E-state index in [1.807, 2.05) is 22.6 Å². The maximum absolute atomic E-state index is 12.7. The summed E-state index contributed by atoms with van der Waals surface area (Å²) in [5.74, 6) is -1.91. The Morgan fingerprint density at radius 2 is 1.17 bits per heavy atom. The average Bonchev–Trinajstić information content (AvgIpc) is 2.93. The zero-order valence-corrected chi connectivity index (χ0v) is 21.1. The van der Waals surface area contributed by atoms with Gasteiger partial charge >= 0.3 is 17.9 Å². The number of esters is 3. The fourth-order valence-corrected chi connectivity index (χ4v) is 4.47. The summed E-state index contributed by atoms with van der Waals surface area (Å²) in [6, 6.07) is 25.0. The van der Waals surface area contributed by atoms with E-state index in [9.17, 15) is 19.5 Å². The molecule has 8 nitrogen and oxygen atoms in total. The Labute approximate surface area is 221 Å². The molecule has 0 saturated carbocycles. The molecule has 1 heterocycles. The highest BCUT2D eigenvalue weighted by molar-refractivity contribution is 14.1. The van der Waals surface area contributed by atoms with E-state index in [0.717, 1.165) is 0 Å². The van der Waals surface area contributed by atoms with E-state index in [4.69, 9.17) is 18.9 Å². The van der Waals surface area contributed by atoms with E-state index >= 15 is 0 Å². The lowest BCUT2D eigenvalue weighted by atomic mass is 10.0. The molecule has 1 aliphatic heterocycles. The first-order valence-corrected chi connectivity index (χ1v) is 12.4. The lowest BCUT2D eigenvalue weighted by Gasteiger charge is -2.41. The lowest BCUT2D eigenvalue weighted by Crippen LogP contribution is -2.59. The molecule has 0 aliphatic carbocycles. The molecule has 3 aromatic carbocycles. The summed E-state index contributed by atoms with van der Waals surface area (Å²) in [6.07, 6.45) is -4.77. The van der Waals surface area contributed by atoms with E-state index in [2.05, 4.69) is 0 Å². The number of hydrogen-bond donors (Lipinski definition) is 1. The minimum Gasteiger partial charge on any atom is -0.459 e. The number of hydrogen-bond acceptors (Lipinski definition) is 8. The molecule has 0 radical (unpaired) electrons. The Balaban J connectivity index is 1.51. The maximum atomic E-state index is 12.7. The van der Waals surface area contributed by atoms with Gasteiger partial charge in [0.2, 0.25) is 6.29 Å². The smallest absolute Gasteiger partial charge is 0.340 e. The number of halogens is 1. The molecular formula is C27H23IO8. The fourth-order valence-electron chi connectivity index (χ4n) is 3.58. The monoisotopic (exact) mass is 602 g/mol. The highest BCUT2D eigenvalue weighted by atomic mass is 127. The summed E-state index contributed by atoms with van der Waals surface area (Å²) in [6.45, 7) is -0.350. The molecule has 1 aliphatic rings. The molecule has 1 N–H and O–H groups in total.